The number of amides is 1. The van der Waals surface area contributed by atoms with E-state index in [0.29, 0.717) is 5.56 Å². The Morgan fingerprint density at radius 1 is 1.04 bits per heavy atom. The third-order valence-corrected chi connectivity index (χ3v) is 3.63. The average Bonchev–Trinajstić information content (AvgIpc) is 2.50. The van der Waals surface area contributed by atoms with E-state index in [4.69, 9.17) is 40.5 Å². The summed E-state index contributed by atoms with van der Waals surface area (Å²) in [5.41, 5.74) is 0.535. The number of hydrogen-bond donors (Lipinski definition) is 3. The standard InChI is InChI=1S/C15H10Cl2N2O3S/c16-10-7-11(17)12(6-9(10)14(21)22)18-15(23)19-13(20)8-4-2-1-3-5-8/h1-7H,(H,21,22)(H2,18,19,20,23). The predicted molar refractivity (Wildman–Crippen MR) is 93.6 cm³/mol. The van der Waals surface area contributed by atoms with Crippen molar-refractivity contribution in [3.63, 3.8) is 0 Å². The summed E-state index contributed by atoms with van der Waals surface area (Å²) in [7, 11) is 0. The van der Waals surface area contributed by atoms with Gasteiger partial charge in [-0.1, -0.05) is 41.4 Å². The first-order valence-corrected chi connectivity index (χ1v) is 7.44. The number of hydrogen-bond acceptors (Lipinski definition) is 3. The lowest BCUT2D eigenvalue weighted by Gasteiger charge is -2.12. The smallest absolute Gasteiger partial charge is 0.337 e. The lowest BCUT2D eigenvalue weighted by molar-refractivity contribution is 0.0697. The minimum Gasteiger partial charge on any atom is -0.478 e. The fourth-order valence-electron chi connectivity index (χ4n) is 1.73. The number of aromatic carboxylic acids is 1. The van der Waals surface area contributed by atoms with E-state index in [1.54, 1.807) is 30.3 Å². The number of carbonyl (C=O) groups excluding carboxylic acids is 1. The van der Waals surface area contributed by atoms with Crippen LogP contribution in [0.15, 0.2) is 42.5 Å². The van der Waals surface area contributed by atoms with E-state index in [1.807, 2.05) is 0 Å². The van der Waals surface area contributed by atoms with Gasteiger partial charge in [0.15, 0.2) is 5.11 Å². The first-order chi connectivity index (χ1) is 10.9. The molecule has 2 rings (SSSR count). The fourth-order valence-corrected chi connectivity index (χ4v) is 2.44. The Morgan fingerprint density at radius 2 is 1.70 bits per heavy atom. The van der Waals surface area contributed by atoms with E-state index in [0.717, 1.165) is 0 Å². The van der Waals surface area contributed by atoms with Gasteiger partial charge in [0.2, 0.25) is 0 Å². The summed E-state index contributed by atoms with van der Waals surface area (Å²) >= 11 is 16.8. The van der Waals surface area contributed by atoms with E-state index in [2.05, 4.69) is 10.6 Å². The van der Waals surface area contributed by atoms with E-state index in [1.165, 1.54) is 12.1 Å². The number of nitrogens with one attached hydrogen (secondary N) is 2. The zero-order chi connectivity index (χ0) is 17.0. The second kappa shape index (κ2) is 7.41. The molecule has 2 aromatic carbocycles. The SMILES string of the molecule is O=C(NC(=S)Nc1cc(C(=O)O)c(Cl)cc1Cl)c1ccccc1. The summed E-state index contributed by atoms with van der Waals surface area (Å²) in [4.78, 5) is 23.0. The van der Waals surface area contributed by atoms with Crippen LogP contribution in [0.1, 0.15) is 20.7 Å². The van der Waals surface area contributed by atoms with Crippen LogP contribution < -0.4 is 10.6 Å². The number of rotatable bonds is 3. The van der Waals surface area contributed by atoms with Gasteiger partial charge in [-0.05, 0) is 36.5 Å². The van der Waals surface area contributed by atoms with Gasteiger partial charge in [-0.2, -0.15) is 0 Å². The van der Waals surface area contributed by atoms with Crippen LogP contribution in [0.5, 0.6) is 0 Å². The predicted octanol–water partition coefficient (Wildman–Crippen LogP) is 3.82. The normalized spacial score (nSPS) is 10.0. The first-order valence-electron chi connectivity index (χ1n) is 6.28. The van der Waals surface area contributed by atoms with Gasteiger partial charge in [0.05, 0.1) is 21.3 Å². The number of carboxylic acids is 1. The van der Waals surface area contributed by atoms with E-state index < -0.39 is 11.9 Å². The molecule has 8 heteroatoms. The summed E-state index contributed by atoms with van der Waals surface area (Å²) in [5.74, 6) is -1.60. The summed E-state index contributed by atoms with van der Waals surface area (Å²) in [6.45, 7) is 0. The molecule has 0 aliphatic rings. The van der Waals surface area contributed by atoms with E-state index in [9.17, 15) is 9.59 Å². The number of thiocarbonyl (C=S) groups is 1. The number of carbonyl (C=O) groups is 2. The van der Waals surface area contributed by atoms with Crippen molar-refractivity contribution in [3.05, 3.63) is 63.6 Å². The maximum Gasteiger partial charge on any atom is 0.337 e. The molecule has 0 aliphatic carbocycles. The van der Waals surface area contributed by atoms with Crippen LogP contribution in [-0.4, -0.2) is 22.1 Å². The molecule has 118 valence electrons. The van der Waals surface area contributed by atoms with Crippen LogP contribution in [0.2, 0.25) is 10.0 Å². The van der Waals surface area contributed by atoms with Crippen LogP contribution in [0, 0.1) is 0 Å². The largest absolute Gasteiger partial charge is 0.478 e. The van der Waals surface area contributed by atoms with Crippen molar-refractivity contribution in [2.75, 3.05) is 5.32 Å². The third kappa shape index (κ3) is 4.41. The highest BCUT2D eigenvalue weighted by atomic mass is 35.5. The Hall–Kier alpha value is -2.15. The van der Waals surface area contributed by atoms with E-state index in [-0.39, 0.29) is 26.4 Å². The molecular weight excluding hydrogens is 359 g/mol. The summed E-state index contributed by atoms with van der Waals surface area (Å²) in [6.07, 6.45) is 0. The second-order valence-electron chi connectivity index (χ2n) is 4.39. The van der Waals surface area contributed by atoms with Crippen LogP contribution in [0.3, 0.4) is 0 Å². The van der Waals surface area contributed by atoms with Gasteiger partial charge in [-0.3, -0.25) is 10.1 Å². The molecule has 0 fully saturated rings. The molecular formula is C15H10Cl2N2O3S. The van der Waals surface area contributed by atoms with E-state index >= 15 is 0 Å². The molecule has 5 nitrogen and oxygen atoms in total. The van der Waals surface area contributed by atoms with Crippen LogP contribution in [0.4, 0.5) is 5.69 Å². The lowest BCUT2D eigenvalue weighted by atomic mass is 10.2. The highest BCUT2D eigenvalue weighted by Gasteiger charge is 2.14. The Kier molecular flexibility index (Phi) is 5.54. The number of carboxylic acid groups (broad SMARTS) is 1. The Balaban J connectivity index is 2.13. The molecule has 1 amide bonds. The summed E-state index contributed by atoms with van der Waals surface area (Å²) in [6, 6.07) is 11.0. The maximum absolute atomic E-state index is 12.0. The zero-order valence-corrected chi connectivity index (χ0v) is 13.8. The molecule has 0 aromatic heterocycles. The number of halogens is 2. The maximum atomic E-state index is 12.0. The van der Waals surface area contributed by atoms with Crippen molar-refractivity contribution < 1.29 is 14.7 Å². The molecule has 0 atom stereocenters. The van der Waals surface area contributed by atoms with Gasteiger partial charge in [0, 0.05) is 5.56 Å². The Bertz CT molecular complexity index is 782. The molecule has 0 saturated carbocycles. The third-order valence-electron chi connectivity index (χ3n) is 2.80. The number of benzene rings is 2. The molecule has 0 bridgehead atoms. The second-order valence-corrected chi connectivity index (χ2v) is 5.61. The Morgan fingerprint density at radius 3 is 2.30 bits per heavy atom. The molecule has 0 aliphatic heterocycles. The quantitative estimate of drug-likeness (QED) is 0.717. The van der Waals surface area contributed by atoms with Crippen LogP contribution >= 0.6 is 35.4 Å². The molecule has 0 heterocycles. The highest BCUT2D eigenvalue weighted by molar-refractivity contribution is 7.80. The van der Waals surface area contributed by atoms with Gasteiger partial charge in [0.25, 0.3) is 5.91 Å². The highest BCUT2D eigenvalue weighted by Crippen LogP contribution is 2.29. The summed E-state index contributed by atoms with van der Waals surface area (Å²) < 4.78 is 0. The minimum absolute atomic E-state index is 0.00675. The van der Waals surface area contributed by atoms with Crippen molar-refractivity contribution in [2.24, 2.45) is 0 Å². The Labute approximate surface area is 147 Å². The molecule has 0 radical (unpaired) electrons. The van der Waals surface area contributed by atoms with Crippen molar-refractivity contribution in [1.29, 1.82) is 0 Å². The topological polar surface area (TPSA) is 78.4 Å². The molecule has 0 unspecified atom stereocenters. The first kappa shape index (κ1) is 17.2. The van der Waals surface area contributed by atoms with Gasteiger partial charge >= 0.3 is 5.97 Å². The molecule has 0 saturated heterocycles. The molecule has 0 spiro atoms. The fraction of sp³-hybridized carbons (Fsp3) is 0. The summed E-state index contributed by atoms with van der Waals surface area (Å²) in [5, 5.41) is 14.4. The van der Waals surface area contributed by atoms with Crippen molar-refractivity contribution >= 4 is 58.1 Å². The van der Waals surface area contributed by atoms with Crippen LogP contribution in [-0.2, 0) is 0 Å². The molecule has 23 heavy (non-hydrogen) atoms. The van der Waals surface area contributed by atoms with Crippen molar-refractivity contribution in [3.8, 4) is 0 Å². The molecule has 2 aromatic rings. The average molecular weight is 369 g/mol. The monoisotopic (exact) mass is 368 g/mol. The van der Waals surface area contributed by atoms with Crippen LogP contribution in [0.25, 0.3) is 0 Å². The lowest BCUT2D eigenvalue weighted by Crippen LogP contribution is -2.34. The van der Waals surface area contributed by atoms with Gasteiger partial charge < -0.3 is 10.4 Å². The van der Waals surface area contributed by atoms with Crippen molar-refractivity contribution in [2.45, 2.75) is 0 Å². The van der Waals surface area contributed by atoms with Gasteiger partial charge in [-0.15, -0.1) is 0 Å². The van der Waals surface area contributed by atoms with Gasteiger partial charge in [-0.25, -0.2) is 4.79 Å². The van der Waals surface area contributed by atoms with Crippen molar-refractivity contribution in [1.82, 2.24) is 5.32 Å². The van der Waals surface area contributed by atoms with Gasteiger partial charge in [0.1, 0.15) is 0 Å². The minimum atomic E-state index is -1.20. The zero-order valence-electron chi connectivity index (χ0n) is 11.5. The molecule has 3 N–H and O–H groups in total. The number of anilines is 1.